The van der Waals surface area contributed by atoms with E-state index in [9.17, 15) is 0 Å². The van der Waals surface area contributed by atoms with Crippen molar-refractivity contribution in [3.8, 4) is 0 Å². The minimum atomic E-state index is 1.09. The average molecular weight is 521 g/mol. The van der Waals surface area contributed by atoms with E-state index in [1.807, 2.05) is 0 Å². The van der Waals surface area contributed by atoms with Crippen molar-refractivity contribution in [2.75, 3.05) is 0 Å². The summed E-state index contributed by atoms with van der Waals surface area (Å²) < 4.78 is 2.29. The number of unbranched alkanes of at least 4 members (excludes halogenated alkanes) is 3. The highest BCUT2D eigenvalue weighted by Crippen LogP contribution is 2.36. The van der Waals surface area contributed by atoms with Gasteiger partial charge in [-0.15, -0.1) is 0 Å². The summed E-state index contributed by atoms with van der Waals surface area (Å²) in [4.78, 5) is 0. The summed E-state index contributed by atoms with van der Waals surface area (Å²) in [6.07, 6.45) is 13.9. The maximum Gasteiger partial charge on any atom is 0.169 e. The minimum Gasteiger partial charge on any atom is -0.205 e. The predicted molar refractivity (Wildman–Crippen MR) is 170 cm³/mol. The van der Waals surface area contributed by atoms with E-state index in [-0.39, 0.29) is 0 Å². The van der Waals surface area contributed by atoms with Gasteiger partial charge in [0.1, 0.15) is 6.54 Å². The summed E-state index contributed by atoms with van der Waals surface area (Å²) in [6.45, 7) is 3.35. The second kappa shape index (κ2) is 14.1. The summed E-state index contributed by atoms with van der Waals surface area (Å²) in [5.41, 5.74) is 9.72. The van der Waals surface area contributed by atoms with Crippen LogP contribution in [0.3, 0.4) is 0 Å². The zero-order valence-corrected chi connectivity index (χ0v) is 23.4. The number of hydrogen-bond donors (Lipinski definition) is 0. The van der Waals surface area contributed by atoms with Crippen molar-refractivity contribution in [2.24, 2.45) is 0 Å². The van der Waals surface area contributed by atoms with Crippen LogP contribution >= 0.6 is 0 Å². The molecule has 1 heteroatoms. The van der Waals surface area contributed by atoms with Gasteiger partial charge in [-0.25, -0.2) is 4.57 Å². The molecule has 0 fully saturated rings. The van der Waals surface area contributed by atoms with E-state index in [1.165, 1.54) is 70.2 Å². The van der Waals surface area contributed by atoms with Crippen LogP contribution in [-0.2, 0) is 6.54 Å². The third-order valence-electron chi connectivity index (χ3n) is 7.29. The lowest BCUT2D eigenvalue weighted by atomic mass is 9.85. The monoisotopic (exact) mass is 520 g/mol. The van der Waals surface area contributed by atoms with Gasteiger partial charge in [0.15, 0.2) is 12.4 Å². The maximum atomic E-state index is 2.29. The predicted octanol–water partition coefficient (Wildman–Crippen LogP) is 9.73. The van der Waals surface area contributed by atoms with Crippen molar-refractivity contribution in [3.63, 3.8) is 0 Å². The quantitative estimate of drug-likeness (QED) is 0.0927. The molecule has 198 valence electrons. The molecule has 0 bridgehead atoms. The van der Waals surface area contributed by atoms with Gasteiger partial charge in [0, 0.05) is 18.6 Å². The highest BCUT2D eigenvalue weighted by molar-refractivity contribution is 6.04. The van der Waals surface area contributed by atoms with Gasteiger partial charge in [0.2, 0.25) is 0 Å². The number of nitrogens with zero attached hydrogens (tertiary/aromatic N) is 1. The van der Waals surface area contributed by atoms with Crippen LogP contribution in [0.2, 0.25) is 0 Å². The molecule has 1 heterocycles. The van der Waals surface area contributed by atoms with E-state index >= 15 is 0 Å². The Bertz CT molecular complexity index is 1470. The molecule has 0 aliphatic carbocycles. The third-order valence-corrected chi connectivity index (χ3v) is 7.29. The zero-order valence-electron chi connectivity index (χ0n) is 23.4. The standard InChI is InChI=1S/C39H38N/c1-2-3-4-14-29-40-30-27-33(28-31-40)22-21-32-23-25-37(26-24-32)39(36-19-12-7-13-20-36)38(34-15-8-5-9-16-34)35-17-10-6-11-18-35/h5-13,15-28,30-31H,2-4,14,29H2,1H3/q+1/b22-21+. The lowest BCUT2D eigenvalue weighted by Crippen LogP contribution is -2.32. The first-order valence-corrected chi connectivity index (χ1v) is 14.5. The fourth-order valence-electron chi connectivity index (χ4n) is 5.13. The van der Waals surface area contributed by atoms with Crippen molar-refractivity contribution in [3.05, 3.63) is 173 Å². The Kier molecular flexibility index (Phi) is 9.52. The first-order valence-electron chi connectivity index (χ1n) is 14.5. The molecule has 0 radical (unpaired) electrons. The van der Waals surface area contributed by atoms with Crippen LogP contribution < -0.4 is 4.57 Å². The molecule has 0 saturated carbocycles. The summed E-state index contributed by atoms with van der Waals surface area (Å²) in [6, 6.07) is 45.5. The first kappa shape index (κ1) is 27.1. The van der Waals surface area contributed by atoms with Gasteiger partial charge in [-0.2, -0.15) is 0 Å². The lowest BCUT2D eigenvalue weighted by molar-refractivity contribution is -0.697. The molecular formula is C39H38N+. The zero-order chi connectivity index (χ0) is 27.4. The number of rotatable bonds is 11. The van der Waals surface area contributed by atoms with Gasteiger partial charge in [-0.3, -0.25) is 0 Å². The molecule has 5 rings (SSSR count). The van der Waals surface area contributed by atoms with Gasteiger partial charge in [-0.1, -0.05) is 147 Å². The molecule has 0 atom stereocenters. The number of pyridine rings is 1. The molecule has 5 aromatic rings. The van der Waals surface area contributed by atoms with E-state index in [0.717, 1.165) is 6.54 Å². The Morgan fingerprint density at radius 3 is 1.35 bits per heavy atom. The molecule has 40 heavy (non-hydrogen) atoms. The Hall–Kier alpha value is -4.49. The van der Waals surface area contributed by atoms with E-state index in [0.29, 0.717) is 0 Å². The number of hydrogen-bond acceptors (Lipinski definition) is 0. The van der Waals surface area contributed by atoms with Crippen molar-refractivity contribution < 1.29 is 4.57 Å². The fourth-order valence-corrected chi connectivity index (χ4v) is 5.13. The van der Waals surface area contributed by atoms with Crippen LogP contribution in [0.1, 0.15) is 66.0 Å². The Morgan fingerprint density at radius 1 is 0.475 bits per heavy atom. The first-order chi connectivity index (χ1) is 19.8. The molecule has 0 amide bonds. The molecule has 1 nitrogen and oxygen atoms in total. The Labute approximate surface area is 239 Å². The van der Waals surface area contributed by atoms with Crippen molar-refractivity contribution in [1.29, 1.82) is 0 Å². The summed E-state index contributed by atoms with van der Waals surface area (Å²) in [5.74, 6) is 0. The van der Waals surface area contributed by atoms with Crippen LogP contribution in [0, 0.1) is 0 Å². The molecule has 0 aliphatic heterocycles. The van der Waals surface area contributed by atoms with Gasteiger partial charge in [0.05, 0.1) is 0 Å². The Balaban J connectivity index is 1.45. The van der Waals surface area contributed by atoms with Gasteiger partial charge < -0.3 is 0 Å². The molecule has 0 N–H and O–H groups in total. The van der Waals surface area contributed by atoms with Crippen molar-refractivity contribution >= 4 is 23.3 Å². The van der Waals surface area contributed by atoms with E-state index in [1.54, 1.807) is 0 Å². The SMILES string of the molecule is CCCCCC[n+]1ccc(/C=C/c2ccc(C(=C(c3ccccc3)c3ccccc3)c3ccccc3)cc2)cc1. The van der Waals surface area contributed by atoms with Crippen molar-refractivity contribution in [2.45, 2.75) is 39.2 Å². The van der Waals surface area contributed by atoms with E-state index in [4.69, 9.17) is 0 Å². The summed E-state index contributed by atoms with van der Waals surface area (Å²) in [7, 11) is 0. The highest BCUT2D eigenvalue weighted by Gasteiger charge is 2.15. The molecule has 1 aromatic heterocycles. The second-order valence-electron chi connectivity index (χ2n) is 10.2. The number of aryl methyl sites for hydroxylation is 1. The summed E-state index contributed by atoms with van der Waals surface area (Å²) >= 11 is 0. The molecule has 0 spiro atoms. The third kappa shape index (κ3) is 7.12. The van der Waals surface area contributed by atoms with Crippen LogP contribution in [-0.4, -0.2) is 0 Å². The second-order valence-corrected chi connectivity index (χ2v) is 10.2. The average Bonchev–Trinajstić information content (AvgIpc) is 3.03. The summed E-state index contributed by atoms with van der Waals surface area (Å²) in [5, 5.41) is 0. The van der Waals surface area contributed by atoms with Crippen LogP contribution in [0.15, 0.2) is 140 Å². The van der Waals surface area contributed by atoms with Gasteiger partial charge in [0.25, 0.3) is 0 Å². The van der Waals surface area contributed by atoms with Gasteiger partial charge in [-0.05, 0) is 50.9 Å². The normalized spacial score (nSPS) is 11.0. The highest BCUT2D eigenvalue weighted by atomic mass is 14.9. The topological polar surface area (TPSA) is 3.88 Å². The Morgan fingerprint density at radius 2 is 0.900 bits per heavy atom. The molecule has 0 saturated heterocycles. The van der Waals surface area contributed by atoms with E-state index < -0.39 is 0 Å². The number of benzene rings is 4. The molecular weight excluding hydrogens is 482 g/mol. The van der Waals surface area contributed by atoms with Crippen LogP contribution in [0.4, 0.5) is 0 Å². The number of aromatic nitrogens is 1. The minimum absolute atomic E-state index is 1.09. The van der Waals surface area contributed by atoms with Crippen LogP contribution in [0.5, 0.6) is 0 Å². The molecule has 4 aromatic carbocycles. The smallest absolute Gasteiger partial charge is 0.169 e. The van der Waals surface area contributed by atoms with Gasteiger partial charge >= 0.3 is 0 Å². The van der Waals surface area contributed by atoms with Crippen molar-refractivity contribution in [1.82, 2.24) is 0 Å². The van der Waals surface area contributed by atoms with Crippen LogP contribution in [0.25, 0.3) is 23.3 Å². The molecule has 0 aliphatic rings. The fraction of sp³-hybridized carbons (Fsp3) is 0.154. The largest absolute Gasteiger partial charge is 0.205 e. The lowest BCUT2D eigenvalue weighted by Gasteiger charge is -2.18. The maximum absolute atomic E-state index is 2.29. The van der Waals surface area contributed by atoms with E-state index in [2.05, 4.69) is 163 Å². The molecule has 0 unspecified atom stereocenters.